The average molecular weight is 188 g/mol. The summed E-state index contributed by atoms with van der Waals surface area (Å²) in [4.78, 5) is 0. The van der Waals surface area contributed by atoms with Crippen LogP contribution in [0.3, 0.4) is 0 Å². The summed E-state index contributed by atoms with van der Waals surface area (Å²) in [5, 5.41) is 11.7. The monoisotopic (exact) mass is 188 g/mol. The van der Waals surface area contributed by atoms with E-state index in [4.69, 9.17) is 16.1 Å². The van der Waals surface area contributed by atoms with E-state index in [1.807, 2.05) is 6.07 Å². The molecule has 1 N–H and O–H groups in total. The Bertz CT molecular complexity index is 354. The van der Waals surface area contributed by atoms with Crippen LogP contribution < -0.4 is 5.32 Å². The molecule has 0 radical (unpaired) electrons. The van der Waals surface area contributed by atoms with Crippen LogP contribution in [-0.4, -0.2) is 6.54 Å². The molecule has 14 heavy (non-hydrogen) atoms. The Morgan fingerprint density at radius 1 is 1.50 bits per heavy atom. The van der Waals surface area contributed by atoms with Crippen molar-refractivity contribution in [1.82, 2.24) is 5.32 Å². The maximum atomic E-state index is 8.51. The molecule has 1 heterocycles. The van der Waals surface area contributed by atoms with Crippen LogP contribution in [0.15, 0.2) is 16.5 Å². The van der Waals surface area contributed by atoms with Gasteiger partial charge in [-0.3, -0.25) is 0 Å². The molecule has 0 fully saturated rings. The van der Waals surface area contributed by atoms with Crippen molar-refractivity contribution in [3.05, 3.63) is 23.7 Å². The lowest BCUT2D eigenvalue weighted by Crippen LogP contribution is -2.13. The average Bonchev–Trinajstić information content (AvgIpc) is 2.65. The highest BCUT2D eigenvalue weighted by Gasteiger charge is 1.99. The van der Waals surface area contributed by atoms with Crippen molar-refractivity contribution in [2.45, 2.75) is 19.4 Å². The maximum Gasteiger partial charge on any atom is 0.203 e. The minimum absolute atomic E-state index is 0.352. The maximum absolute atomic E-state index is 8.51. The number of nitrogens with zero attached hydrogens (tertiary/aromatic N) is 1. The van der Waals surface area contributed by atoms with Gasteiger partial charge in [-0.05, 0) is 25.1 Å². The molecule has 0 atom stereocenters. The van der Waals surface area contributed by atoms with E-state index in [1.54, 1.807) is 12.1 Å². The third kappa shape index (κ3) is 3.35. The molecule has 0 aliphatic heterocycles. The van der Waals surface area contributed by atoms with Crippen molar-refractivity contribution >= 4 is 0 Å². The zero-order valence-corrected chi connectivity index (χ0v) is 7.92. The predicted octanol–water partition coefficient (Wildman–Crippen LogP) is 1.65. The summed E-state index contributed by atoms with van der Waals surface area (Å²) in [5.41, 5.74) is 0. The first kappa shape index (κ1) is 10.4. The molecule has 0 unspecified atom stereocenters. The minimum Gasteiger partial charge on any atom is -0.449 e. The Labute approximate surface area is 83.7 Å². The number of unbranched alkanes of at least 4 members (excludes halogenated alkanes) is 1. The van der Waals surface area contributed by atoms with Gasteiger partial charge in [0.25, 0.3) is 0 Å². The van der Waals surface area contributed by atoms with Gasteiger partial charge in [-0.2, -0.15) is 5.26 Å². The molecule has 0 spiro atoms. The van der Waals surface area contributed by atoms with Crippen molar-refractivity contribution in [2.75, 3.05) is 6.54 Å². The lowest BCUT2D eigenvalue weighted by Gasteiger charge is -1.99. The van der Waals surface area contributed by atoms with Crippen molar-refractivity contribution in [2.24, 2.45) is 0 Å². The highest BCUT2D eigenvalue weighted by Crippen LogP contribution is 2.05. The molecule has 0 saturated heterocycles. The fourth-order valence-electron chi connectivity index (χ4n) is 1.06. The van der Waals surface area contributed by atoms with Crippen LogP contribution in [0, 0.1) is 23.7 Å². The van der Waals surface area contributed by atoms with Crippen LogP contribution >= 0.6 is 0 Å². The highest BCUT2D eigenvalue weighted by atomic mass is 16.3. The van der Waals surface area contributed by atoms with Gasteiger partial charge in [0, 0.05) is 6.42 Å². The van der Waals surface area contributed by atoms with E-state index in [0.29, 0.717) is 12.3 Å². The smallest absolute Gasteiger partial charge is 0.203 e. The molecule has 3 nitrogen and oxygen atoms in total. The molecule has 0 aromatic carbocycles. The van der Waals surface area contributed by atoms with E-state index >= 15 is 0 Å². The summed E-state index contributed by atoms with van der Waals surface area (Å²) in [6, 6.07) is 5.40. The summed E-state index contributed by atoms with van der Waals surface area (Å²) in [5.74, 6) is 3.71. The van der Waals surface area contributed by atoms with E-state index in [9.17, 15) is 0 Å². The Morgan fingerprint density at radius 3 is 3.00 bits per heavy atom. The van der Waals surface area contributed by atoms with Crippen molar-refractivity contribution in [3.63, 3.8) is 0 Å². The summed E-state index contributed by atoms with van der Waals surface area (Å²) in [6.07, 6.45) is 6.86. The molecule has 3 heteroatoms. The second-order valence-electron chi connectivity index (χ2n) is 2.86. The summed E-state index contributed by atoms with van der Waals surface area (Å²) in [6.45, 7) is 1.51. The summed E-state index contributed by atoms with van der Waals surface area (Å²) >= 11 is 0. The lowest BCUT2D eigenvalue weighted by atomic mass is 10.3. The molecule has 72 valence electrons. The van der Waals surface area contributed by atoms with Crippen LogP contribution in [0.2, 0.25) is 0 Å². The van der Waals surface area contributed by atoms with Gasteiger partial charge in [0.2, 0.25) is 5.76 Å². The first-order valence-corrected chi connectivity index (χ1v) is 4.50. The van der Waals surface area contributed by atoms with Crippen LogP contribution in [0.1, 0.15) is 24.4 Å². The lowest BCUT2D eigenvalue weighted by molar-refractivity contribution is 0.473. The number of hydrogen-bond donors (Lipinski definition) is 1. The van der Waals surface area contributed by atoms with Crippen LogP contribution in [0.5, 0.6) is 0 Å². The molecule has 1 aromatic rings. The van der Waals surface area contributed by atoms with Crippen molar-refractivity contribution in [1.29, 1.82) is 5.26 Å². The summed E-state index contributed by atoms with van der Waals surface area (Å²) in [7, 11) is 0. The topological polar surface area (TPSA) is 49.0 Å². The van der Waals surface area contributed by atoms with Crippen molar-refractivity contribution < 1.29 is 4.42 Å². The molecular weight excluding hydrogens is 176 g/mol. The van der Waals surface area contributed by atoms with E-state index < -0.39 is 0 Å². The van der Waals surface area contributed by atoms with Crippen LogP contribution in [0.25, 0.3) is 0 Å². The third-order valence-electron chi connectivity index (χ3n) is 1.75. The molecule has 1 aromatic heterocycles. The number of hydrogen-bond acceptors (Lipinski definition) is 3. The zero-order chi connectivity index (χ0) is 10.2. The fourth-order valence-corrected chi connectivity index (χ4v) is 1.06. The Balaban J connectivity index is 2.19. The molecule has 0 saturated carbocycles. The largest absolute Gasteiger partial charge is 0.449 e. The Morgan fingerprint density at radius 2 is 2.36 bits per heavy atom. The summed E-state index contributed by atoms with van der Waals surface area (Å²) < 4.78 is 5.18. The second kappa shape index (κ2) is 5.85. The van der Waals surface area contributed by atoms with Crippen LogP contribution in [-0.2, 0) is 6.54 Å². The standard InChI is InChI=1S/C11H12N2O/c1-2-3-4-7-13-9-11-6-5-10(8-12)14-11/h1,5-6,13H,3-4,7,9H2. The van der Waals surface area contributed by atoms with Crippen LogP contribution in [0.4, 0.5) is 0 Å². The van der Waals surface area contributed by atoms with Gasteiger partial charge in [-0.1, -0.05) is 0 Å². The normalized spacial score (nSPS) is 9.29. The van der Waals surface area contributed by atoms with Gasteiger partial charge in [-0.25, -0.2) is 0 Å². The number of rotatable bonds is 5. The van der Waals surface area contributed by atoms with E-state index in [0.717, 1.165) is 25.1 Å². The van der Waals surface area contributed by atoms with Gasteiger partial charge >= 0.3 is 0 Å². The van der Waals surface area contributed by atoms with Gasteiger partial charge in [0.05, 0.1) is 6.54 Å². The predicted molar refractivity (Wildman–Crippen MR) is 53.2 cm³/mol. The zero-order valence-electron chi connectivity index (χ0n) is 7.92. The van der Waals surface area contributed by atoms with Gasteiger partial charge in [0.15, 0.2) is 0 Å². The van der Waals surface area contributed by atoms with E-state index in [2.05, 4.69) is 11.2 Å². The van der Waals surface area contributed by atoms with Gasteiger partial charge < -0.3 is 9.73 Å². The Kier molecular flexibility index (Phi) is 4.34. The first-order valence-electron chi connectivity index (χ1n) is 4.50. The molecule has 0 bridgehead atoms. The third-order valence-corrected chi connectivity index (χ3v) is 1.75. The van der Waals surface area contributed by atoms with Gasteiger partial charge in [-0.15, -0.1) is 12.3 Å². The Hall–Kier alpha value is -1.71. The second-order valence-corrected chi connectivity index (χ2v) is 2.86. The highest BCUT2D eigenvalue weighted by molar-refractivity contribution is 5.18. The number of terminal acetylenes is 1. The molecular formula is C11H12N2O. The molecule has 1 rings (SSSR count). The number of furan rings is 1. The SMILES string of the molecule is C#CCCCNCc1ccc(C#N)o1. The molecule has 0 aliphatic rings. The van der Waals surface area contributed by atoms with Crippen molar-refractivity contribution in [3.8, 4) is 18.4 Å². The first-order chi connectivity index (χ1) is 6.86. The molecule has 0 amide bonds. The number of nitriles is 1. The quantitative estimate of drug-likeness (QED) is 0.564. The fraction of sp³-hybridized carbons (Fsp3) is 0.364. The minimum atomic E-state index is 0.352. The van der Waals surface area contributed by atoms with E-state index in [1.165, 1.54) is 0 Å². The van der Waals surface area contributed by atoms with E-state index in [-0.39, 0.29) is 0 Å². The number of nitrogens with one attached hydrogen (secondary N) is 1. The van der Waals surface area contributed by atoms with Gasteiger partial charge in [0.1, 0.15) is 11.8 Å². The molecule has 0 aliphatic carbocycles.